The topological polar surface area (TPSA) is 73.6 Å². The first kappa shape index (κ1) is 20.8. The molecule has 0 bridgehead atoms. The van der Waals surface area contributed by atoms with Gasteiger partial charge in [0.05, 0.1) is 17.9 Å². The maximum absolute atomic E-state index is 13.1. The fourth-order valence-electron chi connectivity index (χ4n) is 4.56. The summed E-state index contributed by atoms with van der Waals surface area (Å²) in [4.78, 5) is 13.1. The van der Waals surface area contributed by atoms with Gasteiger partial charge in [0, 0.05) is 42.9 Å². The summed E-state index contributed by atoms with van der Waals surface area (Å²) in [6.07, 6.45) is 3.30. The van der Waals surface area contributed by atoms with Gasteiger partial charge in [0.2, 0.25) is 0 Å². The second-order valence-electron chi connectivity index (χ2n) is 8.68. The molecule has 3 aromatic rings. The number of aryl methyl sites for hydroxylation is 1. The Hall–Kier alpha value is -3.12. The molecule has 32 heavy (non-hydrogen) atoms. The smallest absolute Gasteiger partial charge is 0.255 e. The van der Waals surface area contributed by atoms with Crippen LogP contribution in [0.4, 0.5) is 0 Å². The molecule has 0 saturated carbocycles. The Labute approximate surface area is 187 Å². The monoisotopic (exact) mass is 432 g/mol. The Bertz CT molecular complexity index is 1130. The molecule has 0 aliphatic carbocycles. The Morgan fingerprint density at radius 2 is 1.88 bits per heavy atom. The van der Waals surface area contributed by atoms with E-state index in [2.05, 4.69) is 41.7 Å². The molecule has 0 atom stereocenters. The highest BCUT2D eigenvalue weighted by atomic mass is 16.5. The largest absolute Gasteiger partial charge is 0.492 e. The van der Waals surface area contributed by atoms with Gasteiger partial charge in [0.1, 0.15) is 5.75 Å². The molecule has 1 fully saturated rings. The van der Waals surface area contributed by atoms with E-state index >= 15 is 0 Å². The van der Waals surface area contributed by atoms with Crippen LogP contribution in [0.25, 0.3) is 11.3 Å². The molecule has 1 N–H and O–H groups in total. The summed E-state index contributed by atoms with van der Waals surface area (Å²) < 4.78 is 16.7. The molecule has 1 saturated heterocycles. The van der Waals surface area contributed by atoms with Gasteiger partial charge in [-0.3, -0.25) is 4.79 Å². The van der Waals surface area contributed by atoms with E-state index < -0.39 is 0 Å². The number of amides is 1. The van der Waals surface area contributed by atoms with Crippen LogP contribution < -0.4 is 10.1 Å². The molecule has 1 amide bonds. The maximum atomic E-state index is 13.1. The second-order valence-corrected chi connectivity index (χ2v) is 8.68. The lowest BCUT2D eigenvalue weighted by atomic mass is 9.92. The average Bonchev–Trinajstić information content (AvgIpc) is 3.46. The van der Waals surface area contributed by atoms with Crippen molar-refractivity contribution in [2.75, 3.05) is 19.8 Å². The highest BCUT2D eigenvalue weighted by Gasteiger charge is 2.26. The Balaban J connectivity index is 1.40. The van der Waals surface area contributed by atoms with E-state index in [0.717, 1.165) is 59.6 Å². The van der Waals surface area contributed by atoms with Crippen LogP contribution in [0.5, 0.6) is 5.75 Å². The molecule has 6 heteroatoms. The van der Waals surface area contributed by atoms with Crippen molar-refractivity contribution < 1.29 is 18.8 Å². The van der Waals surface area contributed by atoms with Crippen molar-refractivity contribution in [2.24, 2.45) is 0 Å². The van der Waals surface area contributed by atoms with E-state index in [-0.39, 0.29) is 11.9 Å². The molecule has 1 aromatic heterocycles. The number of nitrogens with one attached hydrogen (secondary N) is 1. The molecule has 2 aliphatic heterocycles. The van der Waals surface area contributed by atoms with Crippen LogP contribution in [0.3, 0.4) is 0 Å². The molecule has 0 radical (unpaired) electrons. The summed E-state index contributed by atoms with van der Waals surface area (Å²) >= 11 is 0. The third-order valence-electron chi connectivity index (χ3n) is 6.43. The number of fused-ring (bicyclic) bond motifs is 1. The third kappa shape index (κ3) is 4.15. The SMILES string of the molecule is Cc1cc(-c2ccc(Cc3cc(C(=O)NC4CCOCC4)c4c(c3C)CCO4)cc2)on1. The standard InChI is InChI=1S/C26H28N2O4/c1-16-13-24(32-28-16)19-5-3-18(4-6-19)14-20-15-23(25-22(17(20)2)9-12-31-25)26(29)27-21-7-10-30-11-8-21/h3-6,13,15,21H,7-12,14H2,1-2H3,(H,27,29). The molecule has 0 unspecified atom stereocenters. The minimum Gasteiger partial charge on any atom is -0.492 e. The van der Waals surface area contributed by atoms with Gasteiger partial charge < -0.3 is 19.3 Å². The first-order chi connectivity index (χ1) is 15.6. The molecule has 2 aliphatic rings. The third-order valence-corrected chi connectivity index (χ3v) is 6.43. The molecule has 3 heterocycles. The number of carbonyl (C=O) groups excluding carboxylic acids is 1. The molecule has 0 spiro atoms. The van der Waals surface area contributed by atoms with Crippen LogP contribution in [-0.4, -0.2) is 36.9 Å². The zero-order chi connectivity index (χ0) is 22.1. The normalized spacial score (nSPS) is 15.9. The van der Waals surface area contributed by atoms with Crippen molar-refractivity contribution in [1.29, 1.82) is 0 Å². The fourth-order valence-corrected chi connectivity index (χ4v) is 4.56. The van der Waals surface area contributed by atoms with E-state index in [1.165, 1.54) is 11.1 Å². The van der Waals surface area contributed by atoms with Crippen molar-refractivity contribution in [2.45, 2.75) is 45.6 Å². The first-order valence-electron chi connectivity index (χ1n) is 11.3. The van der Waals surface area contributed by atoms with Crippen molar-refractivity contribution in [3.63, 3.8) is 0 Å². The molecular weight excluding hydrogens is 404 g/mol. The van der Waals surface area contributed by atoms with E-state index in [9.17, 15) is 4.79 Å². The highest BCUT2D eigenvalue weighted by Crippen LogP contribution is 2.35. The predicted octanol–water partition coefficient (Wildman–Crippen LogP) is 4.39. The van der Waals surface area contributed by atoms with E-state index in [1.54, 1.807) is 0 Å². The van der Waals surface area contributed by atoms with Gasteiger partial charge in [-0.25, -0.2) is 0 Å². The highest BCUT2D eigenvalue weighted by molar-refractivity contribution is 5.98. The lowest BCUT2D eigenvalue weighted by Crippen LogP contribution is -2.39. The van der Waals surface area contributed by atoms with Gasteiger partial charge >= 0.3 is 0 Å². The zero-order valence-electron chi connectivity index (χ0n) is 18.6. The van der Waals surface area contributed by atoms with Crippen LogP contribution >= 0.6 is 0 Å². The van der Waals surface area contributed by atoms with Gasteiger partial charge in [0.15, 0.2) is 5.76 Å². The van der Waals surface area contributed by atoms with Gasteiger partial charge in [-0.15, -0.1) is 0 Å². The van der Waals surface area contributed by atoms with Crippen LogP contribution in [0.15, 0.2) is 40.9 Å². The lowest BCUT2D eigenvalue weighted by Gasteiger charge is -2.24. The average molecular weight is 433 g/mol. The minimum atomic E-state index is -0.0488. The summed E-state index contributed by atoms with van der Waals surface area (Å²) in [6.45, 7) is 6.07. The number of rotatable bonds is 5. The van der Waals surface area contributed by atoms with Crippen LogP contribution in [0, 0.1) is 13.8 Å². The van der Waals surface area contributed by atoms with Gasteiger partial charge in [-0.2, -0.15) is 0 Å². The van der Waals surface area contributed by atoms with Crippen LogP contribution in [0.1, 0.15) is 51.1 Å². The van der Waals surface area contributed by atoms with E-state index in [0.29, 0.717) is 25.4 Å². The van der Waals surface area contributed by atoms with Gasteiger partial charge in [-0.1, -0.05) is 29.4 Å². The Morgan fingerprint density at radius 3 is 2.59 bits per heavy atom. The summed E-state index contributed by atoms with van der Waals surface area (Å²) in [5, 5.41) is 7.15. The molecule has 5 rings (SSSR count). The number of hydrogen-bond acceptors (Lipinski definition) is 5. The molecule has 166 valence electrons. The summed E-state index contributed by atoms with van der Waals surface area (Å²) in [6, 6.07) is 12.4. The quantitative estimate of drug-likeness (QED) is 0.647. The number of aromatic nitrogens is 1. The van der Waals surface area contributed by atoms with Crippen LogP contribution in [-0.2, 0) is 17.6 Å². The summed E-state index contributed by atoms with van der Waals surface area (Å²) in [5.74, 6) is 1.48. The Kier molecular flexibility index (Phi) is 5.70. The van der Waals surface area contributed by atoms with E-state index in [4.69, 9.17) is 14.0 Å². The summed E-state index contributed by atoms with van der Waals surface area (Å²) in [7, 11) is 0. The lowest BCUT2D eigenvalue weighted by molar-refractivity contribution is 0.0695. The Morgan fingerprint density at radius 1 is 1.09 bits per heavy atom. The molecule has 2 aromatic carbocycles. The number of carbonyl (C=O) groups is 1. The van der Waals surface area contributed by atoms with Gasteiger partial charge in [-0.05, 0) is 55.9 Å². The van der Waals surface area contributed by atoms with Crippen LogP contribution in [0.2, 0.25) is 0 Å². The predicted molar refractivity (Wildman–Crippen MR) is 121 cm³/mol. The number of nitrogens with zero attached hydrogens (tertiary/aromatic N) is 1. The summed E-state index contributed by atoms with van der Waals surface area (Å²) in [5.41, 5.74) is 7.25. The van der Waals surface area contributed by atoms with Crippen molar-refractivity contribution in [3.05, 3.63) is 69.9 Å². The number of benzene rings is 2. The minimum absolute atomic E-state index is 0.0488. The maximum Gasteiger partial charge on any atom is 0.255 e. The van der Waals surface area contributed by atoms with Crippen molar-refractivity contribution in [1.82, 2.24) is 10.5 Å². The second kappa shape index (κ2) is 8.79. The fraction of sp³-hybridized carbons (Fsp3) is 0.385. The zero-order valence-corrected chi connectivity index (χ0v) is 18.6. The van der Waals surface area contributed by atoms with Crippen molar-refractivity contribution >= 4 is 5.91 Å². The molecule has 6 nitrogen and oxygen atoms in total. The number of hydrogen-bond donors (Lipinski definition) is 1. The van der Waals surface area contributed by atoms with Gasteiger partial charge in [0.25, 0.3) is 5.91 Å². The van der Waals surface area contributed by atoms with E-state index in [1.807, 2.05) is 19.1 Å². The number of ether oxygens (including phenoxy) is 2. The molecular formula is C26H28N2O4. The first-order valence-corrected chi connectivity index (χ1v) is 11.3. The van der Waals surface area contributed by atoms with Crippen molar-refractivity contribution in [3.8, 4) is 17.1 Å².